The van der Waals surface area contributed by atoms with E-state index in [0.717, 1.165) is 11.1 Å². The van der Waals surface area contributed by atoms with Gasteiger partial charge in [0, 0.05) is 31.9 Å². The molecule has 0 spiro atoms. The minimum Gasteiger partial charge on any atom is -0.494 e. The van der Waals surface area contributed by atoms with Crippen LogP contribution in [0, 0.1) is 0 Å². The van der Waals surface area contributed by atoms with E-state index in [0.29, 0.717) is 31.1 Å². The summed E-state index contributed by atoms with van der Waals surface area (Å²) < 4.78 is 35.0. The fraction of sp³-hybridized carbons (Fsp3) is 0.375. The highest BCUT2D eigenvalue weighted by atomic mass is 19.1. The van der Waals surface area contributed by atoms with E-state index in [-0.39, 0.29) is 12.5 Å². The molecular formula is C24H30FNO6. The molecular weight excluding hydrogens is 417 g/mol. The first kappa shape index (κ1) is 25.3. The molecule has 32 heavy (non-hydrogen) atoms. The third kappa shape index (κ3) is 6.78. The van der Waals surface area contributed by atoms with Gasteiger partial charge >= 0.3 is 0 Å². The average molecular weight is 448 g/mol. The molecule has 0 aliphatic carbocycles. The SMILES string of the molecule is C=CC(=O)NCCCOc1ccc(C(OC)(OC)c2ccc(OCC(O)CF)cc2)cc1. The zero-order valence-electron chi connectivity index (χ0n) is 18.4. The van der Waals surface area contributed by atoms with Crippen molar-refractivity contribution in [3.63, 3.8) is 0 Å². The van der Waals surface area contributed by atoms with Crippen molar-refractivity contribution >= 4 is 5.91 Å². The maximum Gasteiger partial charge on any atom is 0.243 e. The third-order valence-corrected chi connectivity index (χ3v) is 4.74. The lowest BCUT2D eigenvalue weighted by atomic mass is 9.96. The van der Waals surface area contributed by atoms with Crippen molar-refractivity contribution in [3.8, 4) is 11.5 Å². The van der Waals surface area contributed by atoms with E-state index >= 15 is 0 Å². The van der Waals surface area contributed by atoms with Gasteiger partial charge in [-0.25, -0.2) is 4.39 Å². The lowest BCUT2D eigenvalue weighted by Gasteiger charge is -2.32. The highest BCUT2D eigenvalue weighted by Crippen LogP contribution is 2.35. The van der Waals surface area contributed by atoms with E-state index in [1.807, 2.05) is 24.3 Å². The Balaban J connectivity index is 2.04. The van der Waals surface area contributed by atoms with Crippen LogP contribution in [0.15, 0.2) is 61.2 Å². The molecule has 1 amide bonds. The lowest BCUT2D eigenvalue weighted by Crippen LogP contribution is -2.32. The van der Waals surface area contributed by atoms with Crippen molar-refractivity contribution in [1.82, 2.24) is 5.32 Å². The number of ether oxygens (including phenoxy) is 4. The van der Waals surface area contributed by atoms with Crippen LogP contribution in [0.5, 0.6) is 11.5 Å². The van der Waals surface area contributed by atoms with Crippen molar-refractivity contribution in [2.75, 3.05) is 40.7 Å². The van der Waals surface area contributed by atoms with E-state index < -0.39 is 18.6 Å². The number of hydrogen-bond donors (Lipinski definition) is 2. The highest BCUT2D eigenvalue weighted by Gasteiger charge is 2.34. The van der Waals surface area contributed by atoms with Gasteiger partial charge < -0.3 is 29.4 Å². The van der Waals surface area contributed by atoms with Gasteiger partial charge in [0.15, 0.2) is 0 Å². The number of nitrogens with one attached hydrogen (secondary N) is 1. The van der Waals surface area contributed by atoms with Crippen molar-refractivity contribution < 1.29 is 33.2 Å². The largest absolute Gasteiger partial charge is 0.494 e. The number of benzene rings is 2. The summed E-state index contributed by atoms with van der Waals surface area (Å²) in [6, 6.07) is 14.3. The summed E-state index contributed by atoms with van der Waals surface area (Å²) in [4.78, 5) is 11.1. The number of aliphatic hydroxyl groups excluding tert-OH is 1. The molecule has 2 rings (SSSR count). The fourth-order valence-electron chi connectivity index (χ4n) is 3.05. The van der Waals surface area contributed by atoms with Crippen LogP contribution < -0.4 is 14.8 Å². The second kappa shape index (κ2) is 12.8. The number of methoxy groups -OCH3 is 2. The Morgan fingerprint density at radius 2 is 1.59 bits per heavy atom. The zero-order chi connectivity index (χ0) is 23.4. The Morgan fingerprint density at radius 3 is 2.06 bits per heavy atom. The molecule has 0 saturated heterocycles. The Kier molecular flexibility index (Phi) is 10.1. The summed E-state index contributed by atoms with van der Waals surface area (Å²) in [6.07, 6.45) is 0.742. The standard InChI is InChI=1S/C24H30FNO6/c1-4-23(28)26-14-5-15-31-21-10-6-18(7-11-21)24(29-2,30-3)19-8-12-22(13-9-19)32-17-20(27)16-25/h4,6-13,20,27H,1,5,14-17H2,2-3H3,(H,26,28). The van der Waals surface area contributed by atoms with E-state index in [1.54, 1.807) is 38.5 Å². The molecule has 1 atom stereocenters. The second-order valence-electron chi connectivity index (χ2n) is 6.89. The van der Waals surface area contributed by atoms with E-state index in [4.69, 9.17) is 18.9 Å². The van der Waals surface area contributed by atoms with E-state index in [1.165, 1.54) is 6.08 Å². The van der Waals surface area contributed by atoms with Gasteiger partial charge in [-0.1, -0.05) is 6.58 Å². The molecule has 8 heteroatoms. The predicted molar refractivity (Wildman–Crippen MR) is 118 cm³/mol. The van der Waals surface area contributed by atoms with Gasteiger partial charge in [-0.05, 0) is 61.0 Å². The van der Waals surface area contributed by atoms with Gasteiger partial charge in [0.1, 0.15) is 30.9 Å². The minimum absolute atomic E-state index is 0.127. The maximum absolute atomic E-state index is 12.4. The Hall–Kier alpha value is -2.94. The Morgan fingerprint density at radius 1 is 1.06 bits per heavy atom. The van der Waals surface area contributed by atoms with Gasteiger partial charge in [0.2, 0.25) is 11.7 Å². The number of amides is 1. The van der Waals surface area contributed by atoms with Crippen LogP contribution in [0.25, 0.3) is 0 Å². The number of rotatable bonds is 14. The smallest absolute Gasteiger partial charge is 0.243 e. The van der Waals surface area contributed by atoms with Crippen LogP contribution in [0.1, 0.15) is 17.5 Å². The summed E-state index contributed by atoms with van der Waals surface area (Å²) in [6.45, 7) is 3.37. The zero-order valence-corrected chi connectivity index (χ0v) is 18.4. The van der Waals surface area contributed by atoms with Gasteiger partial charge in [0.05, 0.1) is 6.61 Å². The molecule has 7 nitrogen and oxygen atoms in total. The molecule has 0 bridgehead atoms. The quantitative estimate of drug-likeness (QED) is 0.263. The first-order valence-corrected chi connectivity index (χ1v) is 10.2. The molecule has 2 N–H and O–H groups in total. The number of aliphatic hydroxyl groups is 1. The lowest BCUT2D eigenvalue weighted by molar-refractivity contribution is -0.183. The fourth-order valence-corrected chi connectivity index (χ4v) is 3.05. The number of carbonyl (C=O) groups is 1. The number of alkyl halides is 1. The Bertz CT molecular complexity index is 837. The molecule has 2 aromatic carbocycles. The third-order valence-electron chi connectivity index (χ3n) is 4.74. The van der Waals surface area contributed by atoms with Crippen molar-refractivity contribution in [2.45, 2.75) is 18.3 Å². The minimum atomic E-state index is -1.15. The molecule has 0 heterocycles. The van der Waals surface area contributed by atoms with Crippen LogP contribution >= 0.6 is 0 Å². The van der Waals surface area contributed by atoms with Crippen LogP contribution in [0.2, 0.25) is 0 Å². The second-order valence-corrected chi connectivity index (χ2v) is 6.89. The molecule has 2 aromatic rings. The topological polar surface area (TPSA) is 86.3 Å². The van der Waals surface area contributed by atoms with Crippen LogP contribution in [-0.2, 0) is 20.1 Å². The summed E-state index contributed by atoms with van der Waals surface area (Å²) in [5.41, 5.74) is 1.49. The Labute approximate surface area is 187 Å². The van der Waals surface area contributed by atoms with Gasteiger partial charge in [-0.2, -0.15) is 0 Å². The van der Waals surface area contributed by atoms with E-state index in [9.17, 15) is 14.3 Å². The summed E-state index contributed by atoms with van der Waals surface area (Å²) in [5.74, 6) is -0.179. The van der Waals surface area contributed by atoms with Crippen molar-refractivity contribution in [3.05, 3.63) is 72.3 Å². The van der Waals surface area contributed by atoms with Crippen LogP contribution in [0.4, 0.5) is 4.39 Å². The maximum atomic E-state index is 12.4. The van der Waals surface area contributed by atoms with Gasteiger partial charge in [0.25, 0.3) is 0 Å². The van der Waals surface area contributed by atoms with Gasteiger partial charge in [-0.3, -0.25) is 4.79 Å². The predicted octanol–water partition coefficient (Wildman–Crippen LogP) is 2.96. The number of halogens is 1. The highest BCUT2D eigenvalue weighted by molar-refractivity contribution is 5.86. The molecule has 0 saturated carbocycles. The molecule has 0 fully saturated rings. The first-order chi connectivity index (χ1) is 15.5. The first-order valence-electron chi connectivity index (χ1n) is 10.2. The molecule has 0 aliphatic rings. The van der Waals surface area contributed by atoms with Crippen LogP contribution in [0.3, 0.4) is 0 Å². The average Bonchev–Trinajstić information content (AvgIpc) is 2.84. The normalized spacial score (nSPS) is 12.1. The molecule has 0 aliphatic heterocycles. The molecule has 0 radical (unpaired) electrons. The van der Waals surface area contributed by atoms with Crippen LogP contribution in [-0.4, -0.2) is 57.8 Å². The monoisotopic (exact) mass is 447 g/mol. The summed E-state index contributed by atoms with van der Waals surface area (Å²) >= 11 is 0. The number of carbonyl (C=O) groups excluding carboxylic acids is 1. The number of hydrogen-bond acceptors (Lipinski definition) is 6. The van der Waals surface area contributed by atoms with Crippen molar-refractivity contribution in [2.24, 2.45) is 0 Å². The van der Waals surface area contributed by atoms with E-state index in [2.05, 4.69) is 11.9 Å². The molecule has 0 aromatic heterocycles. The summed E-state index contributed by atoms with van der Waals surface area (Å²) in [5, 5.41) is 12.0. The molecule has 174 valence electrons. The summed E-state index contributed by atoms with van der Waals surface area (Å²) in [7, 11) is 3.10. The van der Waals surface area contributed by atoms with Crippen molar-refractivity contribution in [1.29, 1.82) is 0 Å². The van der Waals surface area contributed by atoms with Gasteiger partial charge in [-0.15, -0.1) is 0 Å². The molecule has 1 unspecified atom stereocenters.